The Labute approximate surface area is 197 Å². The Morgan fingerprint density at radius 1 is 0.875 bits per heavy atom. The first-order chi connectivity index (χ1) is 15.3. The molecule has 0 spiro atoms. The van der Waals surface area contributed by atoms with Gasteiger partial charge in [0.25, 0.3) is 0 Å². The lowest BCUT2D eigenvalue weighted by Crippen LogP contribution is -2.60. The highest BCUT2D eigenvalue weighted by molar-refractivity contribution is 4.99. The predicted molar refractivity (Wildman–Crippen MR) is 131 cm³/mol. The van der Waals surface area contributed by atoms with Gasteiger partial charge in [0.15, 0.2) is 0 Å². The molecule has 1 heterocycles. The molecule has 2 aliphatic rings. The van der Waals surface area contributed by atoms with Crippen molar-refractivity contribution >= 4 is 0 Å². The molecule has 6 heteroatoms. The van der Waals surface area contributed by atoms with Gasteiger partial charge in [-0.3, -0.25) is 9.80 Å². The molecule has 1 aliphatic carbocycles. The summed E-state index contributed by atoms with van der Waals surface area (Å²) in [6, 6.07) is 0. The van der Waals surface area contributed by atoms with Crippen LogP contribution in [-0.2, 0) is 4.74 Å². The molecule has 0 aromatic heterocycles. The Balaban J connectivity index is 2.06. The van der Waals surface area contributed by atoms with Crippen molar-refractivity contribution in [2.75, 3.05) is 39.3 Å². The molecule has 0 aromatic rings. The zero-order chi connectivity index (χ0) is 23.8. The molecule has 0 bridgehead atoms. The maximum Gasteiger partial charge on any atom is 0.0939 e. The van der Waals surface area contributed by atoms with Crippen LogP contribution in [-0.4, -0.2) is 93.9 Å². The molecule has 1 saturated heterocycles. The van der Waals surface area contributed by atoms with E-state index >= 15 is 0 Å². The third kappa shape index (κ3) is 6.89. The first-order valence-corrected chi connectivity index (χ1v) is 13.4. The van der Waals surface area contributed by atoms with Gasteiger partial charge in [0.05, 0.1) is 30.5 Å². The second-order valence-corrected chi connectivity index (χ2v) is 10.5. The first kappa shape index (κ1) is 28.0. The maximum atomic E-state index is 11.7. The van der Waals surface area contributed by atoms with E-state index in [1.165, 1.54) is 12.8 Å². The van der Waals surface area contributed by atoms with E-state index in [0.29, 0.717) is 6.54 Å². The molecule has 2 rings (SSSR count). The van der Waals surface area contributed by atoms with Crippen LogP contribution in [0.5, 0.6) is 0 Å². The number of aliphatic hydroxyl groups is 3. The number of piperazine rings is 1. The van der Waals surface area contributed by atoms with E-state index in [1.807, 2.05) is 0 Å². The molecule has 6 nitrogen and oxygen atoms in total. The van der Waals surface area contributed by atoms with E-state index in [1.54, 1.807) is 0 Å². The highest BCUT2D eigenvalue weighted by atomic mass is 16.5. The van der Waals surface area contributed by atoms with Crippen LogP contribution >= 0.6 is 0 Å². The van der Waals surface area contributed by atoms with Gasteiger partial charge in [-0.2, -0.15) is 0 Å². The summed E-state index contributed by atoms with van der Waals surface area (Å²) in [5.41, 5.74) is -0.505. The largest absolute Gasteiger partial charge is 0.394 e. The highest BCUT2D eigenvalue weighted by Gasteiger charge is 2.45. The quantitative estimate of drug-likeness (QED) is 0.394. The summed E-state index contributed by atoms with van der Waals surface area (Å²) < 4.78 is 6.75. The molecule has 2 fully saturated rings. The van der Waals surface area contributed by atoms with E-state index in [0.717, 1.165) is 77.0 Å². The molecule has 1 aliphatic heterocycles. The zero-order valence-corrected chi connectivity index (χ0v) is 21.6. The number of nitrogens with zero attached hydrogens (tertiary/aromatic N) is 2. The summed E-state index contributed by atoms with van der Waals surface area (Å²) in [4.78, 5) is 4.80. The van der Waals surface area contributed by atoms with Crippen LogP contribution in [0.1, 0.15) is 92.4 Å². The van der Waals surface area contributed by atoms with Crippen molar-refractivity contribution in [3.63, 3.8) is 0 Å². The second kappa shape index (κ2) is 13.0. The standard InChI is InChI=1S/C26H52N2O4/c1-6-25(7-2,28-16-14-27(15-17-28)19-22(30)20-29)18-24(31)26(8-3,9-4)32-23-12-10-21(5)11-13-23/h21-24,29-31H,6-20H2,1-5H3. The minimum absolute atomic E-state index is 0.0405. The second-order valence-electron chi connectivity index (χ2n) is 10.5. The summed E-state index contributed by atoms with van der Waals surface area (Å²) in [5, 5.41) is 30.6. The van der Waals surface area contributed by atoms with Crippen molar-refractivity contribution in [2.24, 2.45) is 5.92 Å². The van der Waals surface area contributed by atoms with Crippen LogP contribution in [0.25, 0.3) is 0 Å². The number of rotatable bonds is 13. The Kier molecular flexibility index (Phi) is 11.4. The summed E-state index contributed by atoms with van der Waals surface area (Å²) in [6.45, 7) is 15.2. The smallest absolute Gasteiger partial charge is 0.0939 e. The highest BCUT2D eigenvalue weighted by Crippen LogP contribution is 2.39. The SMILES string of the molecule is CCC(CC)(OC1CCC(C)CC1)C(O)CC(CC)(CC)N1CCN(CC(O)CO)CC1. The molecule has 0 radical (unpaired) electrons. The van der Waals surface area contributed by atoms with Gasteiger partial charge in [-0.05, 0) is 63.7 Å². The van der Waals surface area contributed by atoms with Crippen molar-refractivity contribution in [3.8, 4) is 0 Å². The third-order valence-corrected chi connectivity index (χ3v) is 8.78. The normalized spacial score (nSPS) is 26.2. The summed E-state index contributed by atoms with van der Waals surface area (Å²) in [6.07, 6.45) is 8.25. The van der Waals surface area contributed by atoms with Gasteiger partial charge in [-0.15, -0.1) is 0 Å². The molecular formula is C26H52N2O4. The fraction of sp³-hybridized carbons (Fsp3) is 1.00. The van der Waals surface area contributed by atoms with Gasteiger partial charge >= 0.3 is 0 Å². The molecule has 1 saturated carbocycles. The molecule has 0 aromatic carbocycles. The average Bonchev–Trinajstić information content (AvgIpc) is 2.82. The topological polar surface area (TPSA) is 76.4 Å². The van der Waals surface area contributed by atoms with Gasteiger partial charge < -0.3 is 20.1 Å². The maximum absolute atomic E-state index is 11.7. The minimum atomic E-state index is -0.667. The monoisotopic (exact) mass is 456 g/mol. The van der Waals surface area contributed by atoms with Crippen molar-refractivity contribution in [3.05, 3.63) is 0 Å². The number of hydrogen-bond donors (Lipinski definition) is 3. The fourth-order valence-electron chi connectivity index (χ4n) is 6.07. The number of aliphatic hydroxyl groups excluding tert-OH is 3. The summed E-state index contributed by atoms with van der Waals surface area (Å²) in [7, 11) is 0. The Morgan fingerprint density at radius 2 is 1.44 bits per heavy atom. The van der Waals surface area contributed by atoms with Crippen LogP contribution in [0.2, 0.25) is 0 Å². The number of β-amino-alcohol motifs (C(OH)–C–C–N with tert-alkyl or cyclic N) is 1. The van der Waals surface area contributed by atoms with Gasteiger partial charge in [-0.25, -0.2) is 0 Å². The Morgan fingerprint density at radius 3 is 1.91 bits per heavy atom. The van der Waals surface area contributed by atoms with Gasteiger partial charge in [0, 0.05) is 38.3 Å². The fourth-order valence-corrected chi connectivity index (χ4v) is 6.07. The molecule has 3 N–H and O–H groups in total. The van der Waals surface area contributed by atoms with Crippen molar-refractivity contribution in [1.29, 1.82) is 0 Å². The van der Waals surface area contributed by atoms with Crippen molar-refractivity contribution < 1.29 is 20.1 Å². The molecule has 32 heavy (non-hydrogen) atoms. The molecule has 190 valence electrons. The third-order valence-electron chi connectivity index (χ3n) is 8.78. The van der Waals surface area contributed by atoms with E-state index in [2.05, 4.69) is 44.4 Å². The first-order valence-electron chi connectivity index (χ1n) is 13.4. The van der Waals surface area contributed by atoms with Crippen LogP contribution in [0.15, 0.2) is 0 Å². The summed E-state index contributed by atoms with van der Waals surface area (Å²) in [5.74, 6) is 0.794. The van der Waals surface area contributed by atoms with Gasteiger partial charge in [0.1, 0.15) is 0 Å². The molecule has 0 amide bonds. The molecule has 2 unspecified atom stereocenters. The van der Waals surface area contributed by atoms with Crippen molar-refractivity contribution in [2.45, 2.75) is 122 Å². The van der Waals surface area contributed by atoms with E-state index in [-0.39, 0.29) is 18.2 Å². The predicted octanol–water partition coefficient (Wildman–Crippen LogP) is 3.42. The Hall–Kier alpha value is -0.240. The van der Waals surface area contributed by atoms with Crippen LogP contribution in [0.3, 0.4) is 0 Å². The van der Waals surface area contributed by atoms with Crippen LogP contribution in [0.4, 0.5) is 0 Å². The average molecular weight is 457 g/mol. The van der Waals surface area contributed by atoms with Crippen molar-refractivity contribution in [1.82, 2.24) is 9.80 Å². The summed E-state index contributed by atoms with van der Waals surface area (Å²) >= 11 is 0. The lowest BCUT2D eigenvalue weighted by molar-refractivity contribution is -0.180. The lowest BCUT2D eigenvalue weighted by atomic mass is 9.77. The minimum Gasteiger partial charge on any atom is -0.394 e. The van der Waals surface area contributed by atoms with E-state index in [4.69, 9.17) is 9.84 Å². The molecular weight excluding hydrogens is 404 g/mol. The number of ether oxygens (including phenoxy) is 1. The van der Waals surface area contributed by atoms with E-state index < -0.39 is 17.8 Å². The Bertz CT molecular complexity index is 508. The zero-order valence-electron chi connectivity index (χ0n) is 21.6. The lowest BCUT2D eigenvalue weighted by Gasteiger charge is -2.51. The van der Waals surface area contributed by atoms with Crippen LogP contribution in [0, 0.1) is 5.92 Å². The van der Waals surface area contributed by atoms with Gasteiger partial charge in [0.2, 0.25) is 0 Å². The van der Waals surface area contributed by atoms with Gasteiger partial charge in [-0.1, -0.05) is 34.6 Å². The van der Waals surface area contributed by atoms with Crippen LogP contribution < -0.4 is 0 Å². The molecule has 2 atom stereocenters. The number of hydrogen-bond acceptors (Lipinski definition) is 6. The van der Waals surface area contributed by atoms with E-state index in [9.17, 15) is 10.2 Å².